The van der Waals surface area contributed by atoms with Crippen molar-refractivity contribution in [2.45, 2.75) is 52.2 Å². The van der Waals surface area contributed by atoms with E-state index in [0.717, 1.165) is 35.5 Å². The van der Waals surface area contributed by atoms with Gasteiger partial charge in [0.15, 0.2) is 0 Å². The van der Waals surface area contributed by atoms with E-state index in [-0.39, 0.29) is 11.9 Å². The third kappa shape index (κ3) is 3.36. The summed E-state index contributed by atoms with van der Waals surface area (Å²) in [6.45, 7) is 9.67. The van der Waals surface area contributed by atoms with Crippen molar-refractivity contribution in [1.82, 2.24) is 20.2 Å². The molecule has 5 heteroatoms. The molecule has 0 radical (unpaired) electrons. The number of carbonyl (C=O) groups is 1. The lowest BCUT2D eigenvalue weighted by molar-refractivity contribution is 0.0886. The average Bonchev–Trinajstić information content (AvgIpc) is 2.97. The van der Waals surface area contributed by atoms with Crippen LogP contribution in [-0.2, 0) is 6.42 Å². The third-order valence-corrected chi connectivity index (χ3v) is 4.68. The zero-order chi connectivity index (χ0) is 17.3. The molecule has 5 nitrogen and oxygen atoms in total. The van der Waals surface area contributed by atoms with Gasteiger partial charge in [-0.3, -0.25) is 14.7 Å². The second-order valence-corrected chi connectivity index (χ2v) is 7.07. The normalized spacial score (nSPS) is 17.5. The monoisotopic (exact) mass is 326 g/mol. The Labute approximate surface area is 143 Å². The van der Waals surface area contributed by atoms with Crippen molar-refractivity contribution in [3.05, 3.63) is 41.9 Å². The van der Waals surface area contributed by atoms with Crippen LogP contribution < -0.4 is 5.32 Å². The lowest BCUT2D eigenvalue weighted by Crippen LogP contribution is -2.51. The van der Waals surface area contributed by atoms with Crippen molar-refractivity contribution in [2.75, 3.05) is 6.54 Å². The van der Waals surface area contributed by atoms with E-state index in [1.807, 2.05) is 18.2 Å². The first kappa shape index (κ1) is 16.7. The largest absolute Gasteiger partial charge is 0.358 e. The fourth-order valence-corrected chi connectivity index (χ4v) is 3.49. The van der Waals surface area contributed by atoms with Crippen LogP contribution in [0.5, 0.6) is 0 Å². The molecule has 0 aromatic carbocycles. The molecule has 3 rings (SSSR count). The summed E-state index contributed by atoms with van der Waals surface area (Å²) in [6, 6.07) is 6.90. The quantitative estimate of drug-likeness (QED) is 0.888. The summed E-state index contributed by atoms with van der Waals surface area (Å²) in [5, 5.41) is 3.16. The van der Waals surface area contributed by atoms with Crippen LogP contribution >= 0.6 is 0 Å². The zero-order valence-corrected chi connectivity index (χ0v) is 14.8. The van der Waals surface area contributed by atoms with Crippen molar-refractivity contribution >= 4 is 5.91 Å². The highest BCUT2D eigenvalue weighted by molar-refractivity contribution is 5.98. The maximum atomic E-state index is 12.5. The highest BCUT2D eigenvalue weighted by Crippen LogP contribution is 2.25. The number of pyridine rings is 1. The number of hydrogen-bond acceptors (Lipinski definition) is 3. The van der Waals surface area contributed by atoms with Gasteiger partial charge in [0.1, 0.15) is 0 Å². The summed E-state index contributed by atoms with van der Waals surface area (Å²) in [5.41, 5.74) is 3.82. The maximum absolute atomic E-state index is 12.5. The number of rotatable bonds is 5. The Morgan fingerprint density at radius 3 is 2.50 bits per heavy atom. The van der Waals surface area contributed by atoms with Crippen LogP contribution in [0.15, 0.2) is 30.6 Å². The molecule has 2 aromatic rings. The molecule has 0 fully saturated rings. The second kappa shape index (κ2) is 6.77. The van der Waals surface area contributed by atoms with E-state index in [1.54, 1.807) is 12.4 Å². The Kier molecular flexibility index (Phi) is 4.71. The highest BCUT2D eigenvalue weighted by Gasteiger charge is 2.29. The molecule has 1 aliphatic rings. The lowest BCUT2D eigenvalue weighted by Gasteiger charge is -2.35. The summed E-state index contributed by atoms with van der Waals surface area (Å²) >= 11 is 0. The first-order valence-electron chi connectivity index (χ1n) is 8.64. The van der Waals surface area contributed by atoms with Gasteiger partial charge in [0.2, 0.25) is 0 Å². The molecule has 1 aliphatic heterocycles. The van der Waals surface area contributed by atoms with Gasteiger partial charge < -0.3 is 10.3 Å². The molecule has 1 unspecified atom stereocenters. The van der Waals surface area contributed by atoms with Gasteiger partial charge in [0, 0.05) is 60.4 Å². The zero-order valence-electron chi connectivity index (χ0n) is 14.8. The maximum Gasteiger partial charge on any atom is 0.253 e. The first-order chi connectivity index (χ1) is 11.5. The summed E-state index contributed by atoms with van der Waals surface area (Å²) in [5.74, 6) is 0.0188. The fraction of sp³-hybridized carbons (Fsp3) is 0.474. The van der Waals surface area contributed by atoms with Crippen molar-refractivity contribution in [2.24, 2.45) is 0 Å². The molecule has 0 bridgehead atoms. The minimum atomic E-state index is 0.0188. The van der Waals surface area contributed by atoms with E-state index in [0.29, 0.717) is 12.1 Å². The number of H-pyrrole nitrogens is 1. The van der Waals surface area contributed by atoms with Crippen LogP contribution in [0.4, 0.5) is 0 Å². The Morgan fingerprint density at radius 1 is 1.21 bits per heavy atom. The second-order valence-electron chi connectivity index (χ2n) is 7.07. The van der Waals surface area contributed by atoms with Crippen LogP contribution in [0.3, 0.4) is 0 Å². The van der Waals surface area contributed by atoms with Gasteiger partial charge in [-0.05, 0) is 45.9 Å². The smallest absolute Gasteiger partial charge is 0.253 e. The predicted octanol–water partition coefficient (Wildman–Crippen LogP) is 2.85. The summed E-state index contributed by atoms with van der Waals surface area (Å²) in [7, 11) is 0. The summed E-state index contributed by atoms with van der Waals surface area (Å²) in [6.07, 6.45) is 4.37. The Hall–Kier alpha value is -2.14. The van der Waals surface area contributed by atoms with Gasteiger partial charge in [-0.2, -0.15) is 0 Å². The number of amides is 1. The van der Waals surface area contributed by atoms with Crippen molar-refractivity contribution in [3.63, 3.8) is 0 Å². The highest BCUT2D eigenvalue weighted by atomic mass is 16.1. The van der Waals surface area contributed by atoms with E-state index < -0.39 is 0 Å². The van der Waals surface area contributed by atoms with Crippen LogP contribution in [-0.4, -0.2) is 45.4 Å². The third-order valence-electron chi connectivity index (χ3n) is 4.68. The number of nitrogens with zero attached hydrogens (tertiary/aromatic N) is 2. The van der Waals surface area contributed by atoms with E-state index >= 15 is 0 Å². The van der Waals surface area contributed by atoms with Gasteiger partial charge in [0.05, 0.1) is 5.56 Å². The molecule has 2 N–H and O–H groups in total. The van der Waals surface area contributed by atoms with E-state index in [9.17, 15) is 4.79 Å². The Morgan fingerprint density at radius 2 is 1.88 bits per heavy atom. The van der Waals surface area contributed by atoms with Crippen molar-refractivity contribution in [3.8, 4) is 11.3 Å². The molecule has 0 aliphatic carbocycles. The predicted molar refractivity (Wildman–Crippen MR) is 96.0 cm³/mol. The minimum Gasteiger partial charge on any atom is -0.358 e. The Balaban J connectivity index is 1.80. The molecular weight excluding hydrogens is 300 g/mol. The molecule has 24 heavy (non-hydrogen) atoms. The van der Waals surface area contributed by atoms with Gasteiger partial charge in [-0.25, -0.2) is 0 Å². The van der Waals surface area contributed by atoms with Gasteiger partial charge in [-0.1, -0.05) is 0 Å². The fourth-order valence-electron chi connectivity index (χ4n) is 3.49. The van der Waals surface area contributed by atoms with E-state index in [1.165, 1.54) is 0 Å². The molecular formula is C19H26N4O. The number of hydrogen-bond donors (Lipinski definition) is 2. The lowest BCUT2D eigenvalue weighted by atomic mass is 10.0. The SMILES string of the molecule is CC(C)N(CC1Cc2[nH]c(-c3ccncc3)cc2C(=O)N1)C(C)C. The number of fused-ring (bicyclic) bond motifs is 1. The molecule has 2 aromatic heterocycles. The number of carbonyl (C=O) groups excluding carboxylic acids is 1. The Bertz CT molecular complexity index is 697. The van der Waals surface area contributed by atoms with Crippen LogP contribution in [0.25, 0.3) is 11.3 Å². The van der Waals surface area contributed by atoms with Crippen LogP contribution in [0.1, 0.15) is 43.7 Å². The first-order valence-corrected chi connectivity index (χ1v) is 8.64. The van der Waals surface area contributed by atoms with Crippen LogP contribution in [0.2, 0.25) is 0 Å². The summed E-state index contributed by atoms with van der Waals surface area (Å²) in [4.78, 5) is 22.4. The standard InChI is InChI=1S/C19H26N4O/c1-12(2)23(13(3)4)11-15-9-18-16(19(24)21-15)10-17(22-18)14-5-7-20-8-6-14/h5-8,10,12-13,15,22H,9,11H2,1-4H3,(H,21,24). The van der Waals surface area contributed by atoms with Gasteiger partial charge >= 0.3 is 0 Å². The molecule has 3 heterocycles. The molecule has 0 saturated carbocycles. The van der Waals surface area contributed by atoms with Gasteiger partial charge in [0.25, 0.3) is 5.91 Å². The van der Waals surface area contributed by atoms with E-state index in [2.05, 4.69) is 47.9 Å². The molecule has 0 saturated heterocycles. The van der Waals surface area contributed by atoms with Crippen molar-refractivity contribution < 1.29 is 4.79 Å². The number of aromatic amines is 1. The minimum absolute atomic E-state index is 0.0188. The summed E-state index contributed by atoms with van der Waals surface area (Å²) < 4.78 is 0. The van der Waals surface area contributed by atoms with Crippen molar-refractivity contribution in [1.29, 1.82) is 0 Å². The average molecular weight is 326 g/mol. The van der Waals surface area contributed by atoms with Gasteiger partial charge in [-0.15, -0.1) is 0 Å². The van der Waals surface area contributed by atoms with E-state index in [4.69, 9.17) is 0 Å². The van der Waals surface area contributed by atoms with Crippen LogP contribution in [0, 0.1) is 0 Å². The molecule has 1 amide bonds. The molecule has 0 spiro atoms. The molecule has 1 atom stereocenters. The number of aromatic nitrogens is 2. The number of nitrogens with one attached hydrogen (secondary N) is 2. The molecule has 128 valence electrons. The topological polar surface area (TPSA) is 61.0 Å².